The van der Waals surface area contributed by atoms with Crippen molar-refractivity contribution in [2.75, 3.05) is 39.4 Å². The highest BCUT2D eigenvalue weighted by Crippen LogP contribution is 2.16. The van der Waals surface area contributed by atoms with E-state index >= 15 is 0 Å². The summed E-state index contributed by atoms with van der Waals surface area (Å²) in [5.41, 5.74) is 2.93. The van der Waals surface area contributed by atoms with E-state index in [1.54, 1.807) is 11.3 Å². The van der Waals surface area contributed by atoms with Crippen LogP contribution in [0.25, 0.3) is 0 Å². The third-order valence-electron chi connectivity index (χ3n) is 5.02. The number of nitrogens with zero attached hydrogens (tertiary/aromatic N) is 2. The van der Waals surface area contributed by atoms with Crippen molar-refractivity contribution in [3.8, 4) is 0 Å². The highest BCUT2D eigenvalue weighted by atomic mass is 32.1. The van der Waals surface area contributed by atoms with Crippen molar-refractivity contribution in [2.24, 2.45) is 4.99 Å². The summed E-state index contributed by atoms with van der Waals surface area (Å²) in [6, 6.07) is 2.76. The average Bonchev–Trinajstić information content (AvgIpc) is 3.17. The van der Waals surface area contributed by atoms with Crippen molar-refractivity contribution < 1.29 is 4.74 Å². The molecule has 1 aromatic heterocycles. The summed E-state index contributed by atoms with van der Waals surface area (Å²) in [5.74, 6) is 0.969. The van der Waals surface area contributed by atoms with Gasteiger partial charge in [0.05, 0.1) is 13.2 Å². The van der Waals surface area contributed by atoms with Crippen molar-refractivity contribution in [1.82, 2.24) is 15.5 Å². The number of piperidine rings is 1. The molecule has 0 aliphatic carbocycles. The molecule has 0 saturated carbocycles. The molecular formula is C20H32N4OS. The van der Waals surface area contributed by atoms with E-state index < -0.39 is 0 Å². The van der Waals surface area contributed by atoms with Crippen LogP contribution in [0.4, 0.5) is 0 Å². The van der Waals surface area contributed by atoms with Gasteiger partial charge >= 0.3 is 0 Å². The van der Waals surface area contributed by atoms with Crippen LogP contribution in [0.1, 0.15) is 38.2 Å². The second-order valence-electron chi connectivity index (χ2n) is 7.02. The second kappa shape index (κ2) is 10.7. The number of likely N-dealkylation sites (tertiary alicyclic amines) is 1. The van der Waals surface area contributed by atoms with E-state index in [2.05, 4.69) is 45.4 Å². The van der Waals surface area contributed by atoms with Crippen LogP contribution in [0.5, 0.6) is 0 Å². The Morgan fingerprint density at radius 3 is 2.96 bits per heavy atom. The fourth-order valence-corrected chi connectivity index (χ4v) is 4.15. The SMILES string of the molecule is CCNC(=NCCC1=CCOCC1)NC1CCN(Cc2ccsc2)CC1. The van der Waals surface area contributed by atoms with Crippen molar-refractivity contribution in [2.45, 2.75) is 45.2 Å². The van der Waals surface area contributed by atoms with Crippen molar-refractivity contribution in [1.29, 1.82) is 0 Å². The molecule has 2 aliphatic heterocycles. The van der Waals surface area contributed by atoms with Gasteiger partial charge in [-0.05, 0) is 55.0 Å². The topological polar surface area (TPSA) is 48.9 Å². The maximum Gasteiger partial charge on any atom is 0.191 e. The largest absolute Gasteiger partial charge is 0.377 e. The summed E-state index contributed by atoms with van der Waals surface area (Å²) < 4.78 is 5.37. The maximum atomic E-state index is 5.37. The molecule has 2 N–H and O–H groups in total. The molecule has 1 aromatic rings. The lowest BCUT2D eigenvalue weighted by atomic mass is 10.0. The molecule has 0 radical (unpaired) electrons. The average molecular weight is 377 g/mol. The minimum absolute atomic E-state index is 0.522. The number of guanidine groups is 1. The van der Waals surface area contributed by atoms with Crippen LogP contribution >= 0.6 is 11.3 Å². The molecule has 0 aromatic carbocycles. The van der Waals surface area contributed by atoms with Gasteiger partial charge in [0, 0.05) is 38.8 Å². The molecule has 26 heavy (non-hydrogen) atoms. The Morgan fingerprint density at radius 2 is 2.27 bits per heavy atom. The van der Waals surface area contributed by atoms with Crippen LogP contribution in [0, 0.1) is 0 Å². The fourth-order valence-electron chi connectivity index (χ4n) is 3.49. The summed E-state index contributed by atoms with van der Waals surface area (Å²) >= 11 is 1.79. The Kier molecular flexibility index (Phi) is 7.98. The maximum absolute atomic E-state index is 5.37. The number of hydrogen-bond acceptors (Lipinski definition) is 4. The first-order valence-corrected chi connectivity index (χ1v) is 10.8. The number of rotatable bonds is 7. The van der Waals surface area contributed by atoms with Gasteiger partial charge in [-0.25, -0.2) is 0 Å². The Hall–Kier alpha value is -1.37. The van der Waals surface area contributed by atoms with Gasteiger partial charge in [0.25, 0.3) is 0 Å². The zero-order valence-electron chi connectivity index (χ0n) is 15.9. The van der Waals surface area contributed by atoms with Gasteiger partial charge in [-0.1, -0.05) is 11.6 Å². The van der Waals surface area contributed by atoms with E-state index in [1.807, 2.05) is 0 Å². The smallest absolute Gasteiger partial charge is 0.191 e. The summed E-state index contributed by atoms with van der Waals surface area (Å²) in [6.45, 7) is 8.89. The van der Waals surface area contributed by atoms with Crippen LogP contribution in [-0.4, -0.2) is 56.3 Å². The van der Waals surface area contributed by atoms with Gasteiger partial charge in [-0.15, -0.1) is 0 Å². The quantitative estimate of drug-likeness (QED) is 0.436. The molecule has 1 fully saturated rings. The van der Waals surface area contributed by atoms with E-state index in [0.29, 0.717) is 6.04 Å². The molecule has 144 valence electrons. The van der Waals surface area contributed by atoms with E-state index in [4.69, 9.17) is 9.73 Å². The number of nitrogens with one attached hydrogen (secondary N) is 2. The Balaban J connectivity index is 1.41. The first-order chi connectivity index (χ1) is 12.8. The van der Waals surface area contributed by atoms with Gasteiger partial charge in [0.15, 0.2) is 5.96 Å². The third kappa shape index (κ3) is 6.41. The van der Waals surface area contributed by atoms with E-state index in [-0.39, 0.29) is 0 Å². The Bertz CT molecular complexity index is 577. The summed E-state index contributed by atoms with van der Waals surface area (Å²) in [4.78, 5) is 7.34. The summed E-state index contributed by atoms with van der Waals surface area (Å²) in [5, 5.41) is 11.5. The molecule has 5 nitrogen and oxygen atoms in total. The number of ether oxygens (including phenoxy) is 1. The van der Waals surface area contributed by atoms with Gasteiger partial charge in [-0.2, -0.15) is 11.3 Å². The third-order valence-corrected chi connectivity index (χ3v) is 5.75. The van der Waals surface area contributed by atoms with Crippen molar-refractivity contribution in [3.63, 3.8) is 0 Å². The number of thiophene rings is 1. The monoisotopic (exact) mass is 376 g/mol. The molecule has 0 spiro atoms. The molecule has 1 saturated heterocycles. The minimum atomic E-state index is 0.522. The number of aliphatic imine (C=N–C) groups is 1. The molecular weight excluding hydrogens is 344 g/mol. The standard InChI is InChI=1S/C20H32N4OS/c1-2-21-20(22-9-3-17-6-12-25-13-7-17)23-19-4-10-24(11-5-19)15-18-8-14-26-16-18/h6,8,14,16,19H,2-5,7,9-13,15H2,1H3,(H2,21,22,23). The molecule has 2 aliphatic rings. The molecule has 0 amide bonds. The van der Waals surface area contributed by atoms with Gasteiger partial charge < -0.3 is 15.4 Å². The Morgan fingerprint density at radius 1 is 1.38 bits per heavy atom. The zero-order valence-corrected chi connectivity index (χ0v) is 16.7. The lowest BCUT2D eigenvalue weighted by molar-refractivity contribution is 0.153. The highest BCUT2D eigenvalue weighted by Gasteiger charge is 2.20. The summed E-state index contributed by atoms with van der Waals surface area (Å²) in [7, 11) is 0. The Labute approximate surface area is 161 Å². The minimum Gasteiger partial charge on any atom is -0.377 e. The first kappa shape index (κ1) is 19.4. The molecule has 6 heteroatoms. The molecule has 0 bridgehead atoms. The van der Waals surface area contributed by atoms with Gasteiger partial charge in [0.2, 0.25) is 0 Å². The summed E-state index contributed by atoms with van der Waals surface area (Å²) in [6.07, 6.45) is 6.66. The predicted molar refractivity (Wildman–Crippen MR) is 110 cm³/mol. The van der Waals surface area contributed by atoms with Crippen molar-refractivity contribution >= 4 is 17.3 Å². The van der Waals surface area contributed by atoms with Crippen LogP contribution < -0.4 is 10.6 Å². The van der Waals surface area contributed by atoms with Gasteiger partial charge in [-0.3, -0.25) is 9.89 Å². The number of hydrogen-bond donors (Lipinski definition) is 2. The molecule has 0 atom stereocenters. The normalized spacial score (nSPS) is 20.0. The second-order valence-corrected chi connectivity index (χ2v) is 7.80. The van der Waals surface area contributed by atoms with Crippen LogP contribution in [0.3, 0.4) is 0 Å². The lowest BCUT2D eigenvalue weighted by Crippen LogP contribution is -2.48. The van der Waals surface area contributed by atoms with Crippen LogP contribution in [0.15, 0.2) is 33.5 Å². The van der Waals surface area contributed by atoms with E-state index in [1.165, 1.54) is 24.0 Å². The van der Waals surface area contributed by atoms with Gasteiger partial charge in [0.1, 0.15) is 0 Å². The molecule has 3 heterocycles. The van der Waals surface area contributed by atoms with E-state index in [0.717, 1.165) is 64.7 Å². The van der Waals surface area contributed by atoms with E-state index in [9.17, 15) is 0 Å². The van der Waals surface area contributed by atoms with Crippen LogP contribution in [0.2, 0.25) is 0 Å². The van der Waals surface area contributed by atoms with Crippen LogP contribution in [-0.2, 0) is 11.3 Å². The lowest BCUT2D eigenvalue weighted by Gasteiger charge is -2.33. The predicted octanol–water partition coefficient (Wildman–Crippen LogP) is 3.00. The zero-order chi connectivity index (χ0) is 18.0. The molecule has 0 unspecified atom stereocenters. The fraction of sp³-hybridized carbons (Fsp3) is 0.650. The molecule has 3 rings (SSSR count). The first-order valence-electron chi connectivity index (χ1n) is 9.87. The van der Waals surface area contributed by atoms with Crippen molar-refractivity contribution in [3.05, 3.63) is 34.0 Å². The highest BCUT2D eigenvalue weighted by molar-refractivity contribution is 7.07.